The van der Waals surface area contributed by atoms with Gasteiger partial charge in [0.05, 0.1) is 10.6 Å². The number of anilines is 1. The van der Waals surface area contributed by atoms with Crippen LogP contribution in [0.4, 0.5) is 5.82 Å². The van der Waals surface area contributed by atoms with E-state index in [0.717, 1.165) is 42.8 Å². The number of rotatable bonds is 5. The molecule has 1 aliphatic heterocycles. The molecule has 1 saturated heterocycles. The fourth-order valence-electron chi connectivity index (χ4n) is 3.06. The largest absolute Gasteiger partial charge is 0.355 e. The summed E-state index contributed by atoms with van der Waals surface area (Å²) < 4.78 is 25.8. The predicted molar refractivity (Wildman–Crippen MR) is 84.2 cm³/mol. The van der Waals surface area contributed by atoms with E-state index in [4.69, 9.17) is 0 Å². The number of hydrogen-bond acceptors (Lipinski definition) is 5. The Kier molecular flexibility index (Phi) is 3.12. The molecule has 0 amide bonds. The van der Waals surface area contributed by atoms with E-state index >= 15 is 0 Å². The molecule has 0 aromatic carbocycles. The number of hydrogen-bond donors (Lipinski definition) is 1. The zero-order valence-corrected chi connectivity index (χ0v) is 13.3. The predicted octanol–water partition coefficient (Wildman–Crippen LogP) is 0.818. The van der Waals surface area contributed by atoms with Crippen molar-refractivity contribution < 1.29 is 8.42 Å². The molecule has 2 aliphatic rings. The highest BCUT2D eigenvalue weighted by Gasteiger charge is 2.40. The summed E-state index contributed by atoms with van der Waals surface area (Å²) in [5.74, 6) is 1.29. The normalized spacial score (nSPS) is 19.8. The number of fused-ring (bicyclic) bond motifs is 1. The molecule has 0 atom stereocenters. The van der Waals surface area contributed by atoms with Crippen LogP contribution in [0.5, 0.6) is 0 Å². The third kappa shape index (κ3) is 2.26. The molecular formula is C14H19N5O2S. The van der Waals surface area contributed by atoms with Crippen molar-refractivity contribution in [3.63, 3.8) is 0 Å². The van der Waals surface area contributed by atoms with Crippen molar-refractivity contribution in [2.45, 2.75) is 18.1 Å². The molecule has 0 radical (unpaired) electrons. The third-order valence-electron chi connectivity index (χ3n) is 4.48. The van der Waals surface area contributed by atoms with Crippen molar-refractivity contribution in [1.82, 2.24) is 19.3 Å². The average molecular weight is 321 g/mol. The summed E-state index contributed by atoms with van der Waals surface area (Å²) in [5.41, 5.74) is 0.835. The van der Waals surface area contributed by atoms with E-state index in [1.165, 1.54) is 0 Å². The van der Waals surface area contributed by atoms with Crippen LogP contribution >= 0.6 is 0 Å². The van der Waals surface area contributed by atoms with Crippen molar-refractivity contribution in [2.75, 3.05) is 31.6 Å². The maximum Gasteiger partial charge on any atom is 0.216 e. The quantitative estimate of drug-likeness (QED) is 0.881. The van der Waals surface area contributed by atoms with Gasteiger partial charge in [0.1, 0.15) is 17.8 Å². The van der Waals surface area contributed by atoms with Gasteiger partial charge in [-0.15, -0.1) is 0 Å². The molecule has 1 aliphatic carbocycles. The number of nitrogens with one attached hydrogen (secondary N) is 1. The van der Waals surface area contributed by atoms with Gasteiger partial charge in [-0.3, -0.25) is 0 Å². The fourth-order valence-corrected chi connectivity index (χ4v) is 4.72. The van der Waals surface area contributed by atoms with Gasteiger partial charge in [-0.25, -0.2) is 22.7 Å². The minimum atomic E-state index is -3.06. The molecule has 1 N–H and O–H groups in total. The van der Waals surface area contributed by atoms with Crippen LogP contribution in [0.25, 0.3) is 11.0 Å². The van der Waals surface area contributed by atoms with Crippen molar-refractivity contribution in [3.8, 4) is 0 Å². The van der Waals surface area contributed by atoms with Crippen LogP contribution in [0, 0.1) is 5.92 Å². The number of nitrogens with zero attached hydrogens (tertiary/aromatic N) is 4. The van der Waals surface area contributed by atoms with E-state index in [9.17, 15) is 8.42 Å². The first kappa shape index (κ1) is 14.0. The second-order valence-corrected chi connectivity index (χ2v) is 8.55. The van der Waals surface area contributed by atoms with E-state index in [-0.39, 0.29) is 5.25 Å². The molecule has 22 heavy (non-hydrogen) atoms. The Morgan fingerprint density at radius 3 is 2.86 bits per heavy atom. The molecular weight excluding hydrogens is 302 g/mol. The molecule has 3 heterocycles. The summed E-state index contributed by atoms with van der Waals surface area (Å²) in [6.45, 7) is 2.26. The van der Waals surface area contributed by atoms with E-state index in [2.05, 4.69) is 19.9 Å². The summed E-state index contributed by atoms with van der Waals surface area (Å²) in [5, 5.41) is 0.884. The fraction of sp³-hybridized carbons (Fsp3) is 0.571. The number of sulfonamides is 1. The third-order valence-corrected chi connectivity index (χ3v) is 6.82. The van der Waals surface area contributed by atoms with Gasteiger partial charge >= 0.3 is 0 Å². The van der Waals surface area contributed by atoms with E-state index in [1.54, 1.807) is 17.7 Å². The standard InChI is InChI=1S/C14H19N5O2S/c1-18(22(20,21)11-2-3-11)6-10-7-19(8-10)14-12-4-5-15-13(12)16-9-17-14/h4-5,9-11H,2-3,6-8H2,1H3,(H,15,16,17). The first-order valence-corrected chi connectivity index (χ1v) is 9.04. The van der Waals surface area contributed by atoms with Crippen molar-refractivity contribution in [1.29, 1.82) is 0 Å². The summed E-state index contributed by atoms with van der Waals surface area (Å²) in [4.78, 5) is 13.8. The average Bonchev–Trinajstić information content (AvgIpc) is 3.20. The summed E-state index contributed by atoms with van der Waals surface area (Å²) in [7, 11) is -1.36. The maximum absolute atomic E-state index is 12.1. The molecule has 8 heteroatoms. The van der Waals surface area contributed by atoms with Crippen molar-refractivity contribution in [2.24, 2.45) is 5.92 Å². The van der Waals surface area contributed by atoms with E-state index in [1.807, 2.05) is 12.3 Å². The Balaban J connectivity index is 1.41. The molecule has 0 unspecified atom stereocenters. The molecule has 2 aromatic heterocycles. The second-order valence-electron chi connectivity index (χ2n) is 6.23. The van der Waals surface area contributed by atoms with Gasteiger partial charge in [0.2, 0.25) is 10.0 Å². The Morgan fingerprint density at radius 2 is 2.14 bits per heavy atom. The molecule has 0 bridgehead atoms. The smallest absolute Gasteiger partial charge is 0.216 e. The zero-order valence-electron chi connectivity index (χ0n) is 12.4. The van der Waals surface area contributed by atoms with Gasteiger partial charge in [0, 0.05) is 38.8 Å². The van der Waals surface area contributed by atoms with E-state index < -0.39 is 10.0 Å². The Labute approximate surface area is 129 Å². The van der Waals surface area contributed by atoms with Crippen molar-refractivity contribution >= 4 is 26.9 Å². The monoisotopic (exact) mass is 321 g/mol. The van der Waals surface area contributed by atoms with Gasteiger partial charge in [0.25, 0.3) is 0 Å². The minimum Gasteiger partial charge on any atom is -0.355 e. The highest BCUT2D eigenvalue weighted by Crippen LogP contribution is 2.32. The molecule has 0 spiro atoms. The van der Waals surface area contributed by atoms with E-state index in [0.29, 0.717) is 12.5 Å². The minimum absolute atomic E-state index is 0.130. The van der Waals surface area contributed by atoms with Crippen LogP contribution in [-0.4, -0.2) is 59.6 Å². The van der Waals surface area contributed by atoms with Crippen LogP contribution in [0.2, 0.25) is 0 Å². The summed E-state index contributed by atoms with van der Waals surface area (Å²) in [6, 6.07) is 1.97. The van der Waals surface area contributed by atoms with Gasteiger partial charge in [0.15, 0.2) is 0 Å². The van der Waals surface area contributed by atoms with Gasteiger partial charge < -0.3 is 9.88 Å². The Morgan fingerprint density at radius 1 is 1.36 bits per heavy atom. The molecule has 118 valence electrons. The van der Waals surface area contributed by atoms with Crippen LogP contribution in [0.1, 0.15) is 12.8 Å². The lowest BCUT2D eigenvalue weighted by Crippen LogP contribution is -2.52. The first-order chi connectivity index (χ1) is 10.6. The van der Waals surface area contributed by atoms with Crippen LogP contribution in [-0.2, 0) is 10.0 Å². The number of aromatic nitrogens is 3. The lowest BCUT2D eigenvalue weighted by atomic mass is 10.00. The van der Waals surface area contributed by atoms with Crippen LogP contribution in [0.15, 0.2) is 18.6 Å². The zero-order chi connectivity index (χ0) is 15.3. The Hall–Kier alpha value is -1.67. The molecule has 1 saturated carbocycles. The molecule has 2 fully saturated rings. The first-order valence-electron chi connectivity index (χ1n) is 7.54. The maximum atomic E-state index is 12.1. The lowest BCUT2D eigenvalue weighted by Gasteiger charge is -2.41. The van der Waals surface area contributed by atoms with Gasteiger partial charge in [-0.05, 0) is 18.9 Å². The molecule has 4 rings (SSSR count). The SMILES string of the molecule is CN(CC1CN(c2ncnc3[nH]ccc23)C1)S(=O)(=O)C1CC1. The highest BCUT2D eigenvalue weighted by atomic mass is 32.2. The Bertz CT molecular complexity index is 792. The lowest BCUT2D eigenvalue weighted by molar-refractivity contribution is 0.326. The molecule has 7 nitrogen and oxygen atoms in total. The topological polar surface area (TPSA) is 82.2 Å². The second kappa shape index (κ2) is 4.92. The highest BCUT2D eigenvalue weighted by molar-refractivity contribution is 7.90. The number of H-pyrrole nitrogens is 1. The van der Waals surface area contributed by atoms with Crippen molar-refractivity contribution in [3.05, 3.63) is 18.6 Å². The molecule has 2 aromatic rings. The summed E-state index contributed by atoms with van der Waals surface area (Å²) >= 11 is 0. The van der Waals surface area contributed by atoms with Crippen LogP contribution in [0.3, 0.4) is 0 Å². The van der Waals surface area contributed by atoms with Crippen LogP contribution < -0.4 is 4.90 Å². The summed E-state index contributed by atoms with van der Waals surface area (Å²) in [6.07, 6.45) is 5.05. The number of aromatic amines is 1. The van der Waals surface area contributed by atoms with Gasteiger partial charge in [-0.2, -0.15) is 0 Å². The van der Waals surface area contributed by atoms with Gasteiger partial charge in [-0.1, -0.05) is 0 Å².